The number of ether oxygens (including phenoxy) is 1. The van der Waals surface area contributed by atoms with E-state index in [1.165, 1.54) is 5.56 Å². The van der Waals surface area contributed by atoms with Gasteiger partial charge in [-0.2, -0.15) is 9.78 Å². The highest BCUT2D eigenvalue weighted by Gasteiger charge is 2.19. The van der Waals surface area contributed by atoms with E-state index in [0.29, 0.717) is 13.0 Å². The molecular weight excluding hydrogens is 454 g/mol. The topological polar surface area (TPSA) is 103 Å². The average molecular weight is 480 g/mol. The van der Waals surface area contributed by atoms with Crippen LogP contribution in [0, 0.1) is 11.8 Å². The third-order valence-electron chi connectivity index (χ3n) is 5.39. The third-order valence-corrected chi connectivity index (χ3v) is 5.39. The first-order valence-corrected chi connectivity index (χ1v) is 11.3. The molecule has 0 bridgehead atoms. The van der Waals surface area contributed by atoms with Crippen molar-refractivity contribution in [1.29, 1.82) is 0 Å². The van der Waals surface area contributed by atoms with Gasteiger partial charge in [-0.15, -0.1) is 0 Å². The molecule has 0 radical (unpaired) electrons. The molecule has 1 aliphatic heterocycles. The maximum Gasteiger partial charge on any atom is 0.339 e. The van der Waals surface area contributed by atoms with E-state index < -0.39 is 6.03 Å². The molecule has 2 aromatic carbocycles. The van der Waals surface area contributed by atoms with Crippen LogP contribution < -0.4 is 15.4 Å². The van der Waals surface area contributed by atoms with Gasteiger partial charge in [0.15, 0.2) is 0 Å². The molecule has 4 aromatic rings. The Morgan fingerprint density at radius 3 is 2.56 bits per heavy atom. The zero-order valence-electron chi connectivity index (χ0n) is 19.8. The zero-order chi connectivity index (χ0) is 25.3. The molecule has 3 heterocycles. The summed E-state index contributed by atoms with van der Waals surface area (Å²) in [6, 6.07) is 18.8. The van der Waals surface area contributed by atoms with Gasteiger partial charge in [-0.1, -0.05) is 42.2 Å². The highest BCUT2D eigenvalue weighted by Crippen LogP contribution is 2.31. The molecule has 0 unspecified atom stereocenters. The number of nitrogens with zero attached hydrogens (tertiary/aromatic N) is 4. The summed E-state index contributed by atoms with van der Waals surface area (Å²) in [7, 11) is 1.76. The standard InChI is InChI=1S/C17H14N2O2.C11H11N3O/c1-19-15-11-13(4-5-14-3-2-9-18-12-14)6-7-16(15)21-10-8-17(19)20;12-11(15)14-8-10(7-13-14)6-9-4-2-1-3-5-9/h2-3,6-7,9,11-12H,8,10H2,1H3;1-5,7-8H,6H2,(H2,12,15). The number of fused-ring (bicyclic) bond motifs is 1. The van der Waals surface area contributed by atoms with Crippen molar-refractivity contribution in [1.82, 2.24) is 14.8 Å². The van der Waals surface area contributed by atoms with Crippen LogP contribution in [0.4, 0.5) is 10.5 Å². The second kappa shape index (κ2) is 11.5. The first-order valence-electron chi connectivity index (χ1n) is 11.3. The van der Waals surface area contributed by atoms with Crippen molar-refractivity contribution < 1.29 is 14.3 Å². The number of carbonyl (C=O) groups is 2. The molecule has 1 aliphatic rings. The molecule has 8 nitrogen and oxygen atoms in total. The Morgan fingerprint density at radius 1 is 1.03 bits per heavy atom. The van der Waals surface area contributed by atoms with Crippen LogP contribution in [0.15, 0.2) is 85.5 Å². The van der Waals surface area contributed by atoms with E-state index in [1.54, 1.807) is 36.7 Å². The van der Waals surface area contributed by atoms with E-state index in [1.807, 2.05) is 60.7 Å². The predicted octanol–water partition coefficient (Wildman–Crippen LogP) is 3.63. The number of hydrogen-bond acceptors (Lipinski definition) is 5. The Balaban J connectivity index is 0.000000179. The van der Waals surface area contributed by atoms with Gasteiger partial charge in [-0.05, 0) is 41.5 Å². The number of carbonyl (C=O) groups excluding carboxylic acids is 2. The number of hydrogen-bond donors (Lipinski definition) is 1. The zero-order valence-corrected chi connectivity index (χ0v) is 19.8. The number of primary amides is 1. The van der Waals surface area contributed by atoms with E-state index in [-0.39, 0.29) is 5.91 Å². The molecule has 0 saturated carbocycles. The summed E-state index contributed by atoms with van der Waals surface area (Å²) in [5.74, 6) is 6.90. The monoisotopic (exact) mass is 479 g/mol. The predicted molar refractivity (Wildman–Crippen MR) is 137 cm³/mol. The highest BCUT2D eigenvalue weighted by molar-refractivity contribution is 5.95. The molecule has 0 aliphatic carbocycles. The molecule has 2 aromatic heterocycles. The van der Waals surface area contributed by atoms with Crippen LogP contribution in [0.1, 0.15) is 28.7 Å². The summed E-state index contributed by atoms with van der Waals surface area (Å²) in [5.41, 5.74) is 9.69. The number of rotatable bonds is 2. The fourth-order valence-corrected chi connectivity index (χ4v) is 3.51. The molecule has 0 fully saturated rings. The summed E-state index contributed by atoms with van der Waals surface area (Å²) in [5, 5.41) is 3.85. The number of aromatic nitrogens is 3. The van der Waals surface area contributed by atoms with Gasteiger partial charge in [0.25, 0.3) is 0 Å². The van der Waals surface area contributed by atoms with Gasteiger partial charge in [0.2, 0.25) is 5.91 Å². The van der Waals surface area contributed by atoms with E-state index in [4.69, 9.17) is 10.5 Å². The minimum atomic E-state index is -0.561. The average Bonchev–Trinajstić information content (AvgIpc) is 3.32. The molecule has 2 N–H and O–H groups in total. The third kappa shape index (κ3) is 6.36. The Hall–Kier alpha value is -4.90. The molecular formula is C28H25N5O3. The quantitative estimate of drug-likeness (QED) is 0.442. The fourth-order valence-electron chi connectivity index (χ4n) is 3.51. The molecule has 0 saturated heterocycles. The molecule has 5 rings (SSSR count). The second-order valence-electron chi connectivity index (χ2n) is 8.02. The van der Waals surface area contributed by atoms with Crippen LogP contribution in [0.3, 0.4) is 0 Å². The molecule has 0 atom stereocenters. The number of nitrogens with two attached hydrogens (primary N) is 1. The number of benzene rings is 2. The van der Waals surface area contributed by atoms with Gasteiger partial charge < -0.3 is 15.4 Å². The lowest BCUT2D eigenvalue weighted by molar-refractivity contribution is -0.118. The van der Waals surface area contributed by atoms with Crippen molar-refractivity contribution >= 4 is 17.6 Å². The summed E-state index contributed by atoms with van der Waals surface area (Å²) < 4.78 is 6.72. The minimum Gasteiger partial charge on any atom is -0.491 e. The van der Waals surface area contributed by atoms with Crippen LogP contribution in [-0.4, -0.2) is 40.4 Å². The Labute approximate surface area is 209 Å². The lowest BCUT2D eigenvalue weighted by atomic mass is 10.1. The largest absolute Gasteiger partial charge is 0.491 e. The highest BCUT2D eigenvalue weighted by atomic mass is 16.5. The molecule has 8 heteroatoms. The molecule has 2 amide bonds. The number of anilines is 1. The second-order valence-corrected chi connectivity index (χ2v) is 8.02. The Kier molecular flexibility index (Phi) is 7.73. The lowest BCUT2D eigenvalue weighted by Gasteiger charge is -2.16. The van der Waals surface area contributed by atoms with Crippen molar-refractivity contribution in [2.45, 2.75) is 12.8 Å². The van der Waals surface area contributed by atoms with Gasteiger partial charge in [0, 0.05) is 43.2 Å². The lowest BCUT2D eigenvalue weighted by Crippen LogP contribution is -2.25. The minimum absolute atomic E-state index is 0.0473. The summed E-state index contributed by atoms with van der Waals surface area (Å²) in [4.78, 5) is 28.3. The van der Waals surface area contributed by atoms with Crippen LogP contribution in [-0.2, 0) is 11.2 Å². The SMILES string of the molecule is CN1C(=O)CCOc2ccc(C#Cc3cccnc3)cc21.NC(=O)n1cc(Cc2ccccc2)cn1. The van der Waals surface area contributed by atoms with Crippen LogP contribution >= 0.6 is 0 Å². The van der Waals surface area contributed by atoms with Crippen molar-refractivity contribution in [3.05, 3.63) is 108 Å². The van der Waals surface area contributed by atoms with Gasteiger partial charge in [0.1, 0.15) is 5.75 Å². The van der Waals surface area contributed by atoms with Crippen molar-refractivity contribution in [3.8, 4) is 17.6 Å². The van der Waals surface area contributed by atoms with Gasteiger partial charge in [-0.25, -0.2) is 4.79 Å². The van der Waals surface area contributed by atoms with Crippen LogP contribution in [0.25, 0.3) is 0 Å². The first-order chi connectivity index (χ1) is 17.5. The van der Waals surface area contributed by atoms with Crippen LogP contribution in [0.2, 0.25) is 0 Å². The van der Waals surface area contributed by atoms with Gasteiger partial charge in [0.05, 0.1) is 24.9 Å². The summed E-state index contributed by atoms with van der Waals surface area (Å²) in [6.07, 6.45) is 7.88. The van der Waals surface area contributed by atoms with E-state index >= 15 is 0 Å². The number of amides is 2. The maximum absolute atomic E-state index is 11.9. The van der Waals surface area contributed by atoms with Crippen molar-refractivity contribution in [2.75, 3.05) is 18.6 Å². The van der Waals surface area contributed by atoms with Gasteiger partial charge in [-0.3, -0.25) is 9.78 Å². The molecule has 36 heavy (non-hydrogen) atoms. The molecule has 0 spiro atoms. The Bertz CT molecular complexity index is 1410. The Morgan fingerprint density at radius 2 is 1.83 bits per heavy atom. The van der Waals surface area contributed by atoms with E-state index in [0.717, 1.165) is 39.2 Å². The number of pyridine rings is 1. The first kappa shape index (κ1) is 24.2. The summed E-state index contributed by atoms with van der Waals surface area (Å²) in [6.45, 7) is 0.414. The van der Waals surface area contributed by atoms with E-state index in [9.17, 15) is 9.59 Å². The molecule has 180 valence electrons. The summed E-state index contributed by atoms with van der Waals surface area (Å²) >= 11 is 0. The smallest absolute Gasteiger partial charge is 0.339 e. The van der Waals surface area contributed by atoms with Gasteiger partial charge >= 0.3 is 6.03 Å². The maximum atomic E-state index is 11.9. The normalized spacial score (nSPS) is 12.1. The van der Waals surface area contributed by atoms with Crippen molar-refractivity contribution in [3.63, 3.8) is 0 Å². The van der Waals surface area contributed by atoms with Crippen molar-refractivity contribution in [2.24, 2.45) is 5.73 Å². The van der Waals surface area contributed by atoms with E-state index in [2.05, 4.69) is 21.9 Å². The fraction of sp³-hybridized carbons (Fsp3) is 0.143. The van der Waals surface area contributed by atoms with Crippen LogP contribution in [0.5, 0.6) is 5.75 Å².